The van der Waals surface area contributed by atoms with Crippen molar-refractivity contribution in [1.29, 1.82) is 5.26 Å². The molecule has 2 amide bonds. The van der Waals surface area contributed by atoms with Crippen LogP contribution in [0.25, 0.3) is 0 Å². The maximum atomic E-state index is 12.3. The Kier molecular flexibility index (Phi) is 8.36. The van der Waals surface area contributed by atoms with Gasteiger partial charge in [-0.15, -0.1) is 0 Å². The van der Waals surface area contributed by atoms with E-state index in [9.17, 15) is 4.79 Å². The van der Waals surface area contributed by atoms with E-state index in [1.165, 1.54) is 0 Å². The number of urea groups is 1. The molecule has 2 aromatic carbocycles. The number of hydrogen-bond acceptors (Lipinski definition) is 3. The largest absolute Gasteiger partial charge is 0.489 e. The fourth-order valence-corrected chi connectivity index (χ4v) is 2.76. The van der Waals surface area contributed by atoms with Gasteiger partial charge in [0, 0.05) is 17.3 Å². The number of benzene rings is 2. The second-order valence-corrected chi connectivity index (χ2v) is 7.40. The van der Waals surface area contributed by atoms with Crippen LogP contribution in [0.1, 0.15) is 44.7 Å². The summed E-state index contributed by atoms with van der Waals surface area (Å²) in [6, 6.07) is 17.1. The molecule has 0 aliphatic heterocycles. The first-order valence-electron chi connectivity index (χ1n) is 9.72. The monoisotopic (exact) mass is 379 g/mol. The van der Waals surface area contributed by atoms with E-state index in [-0.39, 0.29) is 12.1 Å². The average Bonchev–Trinajstić information content (AvgIpc) is 2.67. The molecule has 1 atom stereocenters. The minimum atomic E-state index is -0.204. The summed E-state index contributed by atoms with van der Waals surface area (Å²) in [6.07, 6.45) is 2.43. The van der Waals surface area contributed by atoms with Gasteiger partial charge in [-0.05, 0) is 49.4 Å². The van der Waals surface area contributed by atoms with Gasteiger partial charge in [-0.1, -0.05) is 44.2 Å². The number of carbonyl (C=O) groups is 1. The van der Waals surface area contributed by atoms with Crippen LogP contribution in [-0.4, -0.2) is 12.1 Å². The average molecular weight is 380 g/mol. The fraction of sp³-hybridized carbons (Fsp3) is 0.391. The van der Waals surface area contributed by atoms with E-state index in [0.717, 1.165) is 35.4 Å². The highest BCUT2D eigenvalue weighted by Crippen LogP contribution is 2.19. The summed E-state index contributed by atoms with van der Waals surface area (Å²) in [6.45, 7) is 6.73. The van der Waals surface area contributed by atoms with Crippen molar-refractivity contribution in [2.75, 3.05) is 5.32 Å². The molecule has 0 fully saturated rings. The zero-order valence-electron chi connectivity index (χ0n) is 16.9. The van der Waals surface area contributed by atoms with Crippen LogP contribution in [0.2, 0.25) is 0 Å². The van der Waals surface area contributed by atoms with Crippen molar-refractivity contribution in [3.63, 3.8) is 0 Å². The number of hydrogen-bond donors (Lipinski definition) is 2. The van der Waals surface area contributed by atoms with Crippen LogP contribution < -0.4 is 15.4 Å². The Morgan fingerprint density at radius 1 is 1.07 bits per heavy atom. The molecule has 148 valence electrons. The van der Waals surface area contributed by atoms with Crippen molar-refractivity contribution in [1.82, 2.24) is 5.32 Å². The normalized spacial score (nSPS) is 11.5. The van der Waals surface area contributed by atoms with Gasteiger partial charge in [0.05, 0.1) is 12.5 Å². The molecular formula is C23H29N3O2. The van der Waals surface area contributed by atoms with Gasteiger partial charge < -0.3 is 15.4 Å². The first-order chi connectivity index (χ1) is 13.5. The molecule has 0 aliphatic carbocycles. The number of para-hydroxylation sites is 1. The Morgan fingerprint density at radius 2 is 1.79 bits per heavy atom. The minimum Gasteiger partial charge on any atom is -0.489 e. The Labute approximate surface area is 167 Å². The number of nitrogens with one attached hydrogen (secondary N) is 2. The molecule has 2 rings (SSSR count). The van der Waals surface area contributed by atoms with Crippen LogP contribution >= 0.6 is 0 Å². The van der Waals surface area contributed by atoms with E-state index in [1.54, 1.807) is 0 Å². The SMILES string of the molecule is CC(C)CCC(C)NC(=O)Nc1ccccc1COc1ccc(CC#N)cc1. The molecule has 0 saturated carbocycles. The van der Waals surface area contributed by atoms with Gasteiger partial charge in [-0.25, -0.2) is 4.79 Å². The summed E-state index contributed by atoms with van der Waals surface area (Å²) in [5.41, 5.74) is 2.59. The number of nitriles is 1. The number of carbonyl (C=O) groups excluding carboxylic acids is 1. The van der Waals surface area contributed by atoms with Gasteiger partial charge >= 0.3 is 6.03 Å². The Morgan fingerprint density at radius 3 is 2.46 bits per heavy atom. The van der Waals surface area contributed by atoms with Crippen molar-refractivity contribution in [2.45, 2.75) is 52.7 Å². The molecule has 2 aromatic rings. The third-order valence-electron chi connectivity index (χ3n) is 4.42. The van der Waals surface area contributed by atoms with Gasteiger partial charge in [0.2, 0.25) is 0 Å². The number of rotatable bonds is 9. The van der Waals surface area contributed by atoms with Gasteiger partial charge in [-0.2, -0.15) is 5.26 Å². The lowest BCUT2D eigenvalue weighted by molar-refractivity contribution is 0.248. The number of anilines is 1. The van der Waals surface area contributed by atoms with E-state index < -0.39 is 0 Å². The fourth-order valence-electron chi connectivity index (χ4n) is 2.76. The first kappa shape index (κ1) is 21.3. The van der Waals surface area contributed by atoms with Crippen LogP contribution in [0, 0.1) is 17.2 Å². The summed E-state index contributed by atoms with van der Waals surface area (Å²) in [5.74, 6) is 1.35. The van der Waals surface area contributed by atoms with Crippen molar-refractivity contribution < 1.29 is 9.53 Å². The number of ether oxygens (including phenoxy) is 1. The van der Waals surface area contributed by atoms with Crippen LogP contribution in [-0.2, 0) is 13.0 Å². The van der Waals surface area contributed by atoms with Crippen LogP contribution in [0.5, 0.6) is 5.75 Å². The molecule has 28 heavy (non-hydrogen) atoms. The van der Waals surface area contributed by atoms with Crippen LogP contribution in [0.3, 0.4) is 0 Å². The molecule has 0 bridgehead atoms. The third kappa shape index (κ3) is 7.32. The zero-order chi connectivity index (χ0) is 20.4. The Balaban J connectivity index is 1.91. The highest BCUT2D eigenvalue weighted by atomic mass is 16.5. The van der Waals surface area contributed by atoms with E-state index >= 15 is 0 Å². The van der Waals surface area contributed by atoms with Crippen molar-refractivity contribution >= 4 is 11.7 Å². The third-order valence-corrected chi connectivity index (χ3v) is 4.42. The Hall–Kier alpha value is -3.00. The van der Waals surface area contributed by atoms with Crippen molar-refractivity contribution in [2.24, 2.45) is 5.92 Å². The second kappa shape index (κ2) is 11.0. The molecule has 0 heterocycles. The summed E-state index contributed by atoms with van der Waals surface area (Å²) in [5, 5.41) is 14.6. The lowest BCUT2D eigenvalue weighted by Crippen LogP contribution is -2.36. The van der Waals surface area contributed by atoms with E-state index in [2.05, 4.69) is 30.6 Å². The zero-order valence-corrected chi connectivity index (χ0v) is 16.9. The smallest absolute Gasteiger partial charge is 0.319 e. The molecule has 0 radical (unpaired) electrons. The van der Waals surface area contributed by atoms with Crippen LogP contribution in [0.15, 0.2) is 48.5 Å². The van der Waals surface area contributed by atoms with Gasteiger partial charge in [0.1, 0.15) is 12.4 Å². The predicted octanol–water partition coefficient (Wildman–Crippen LogP) is 5.28. The molecule has 0 spiro atoms. The summed E-state index contributed by atoms with van der Waals surface area (Å²) in [7, 11) is 0. The number of amides is 2. The van der Waals surface area contributed by atoms with E-state index in [4.69, 9.17) is 10.00 Å². The highest BCUT2D eigenvalue weighted by Gasteiger charge is 2.10. The lowest BCUT2D eigenvalue weighted by atomic mass is 10.0. The van der Waals surface area contributed by atoms with E-state index in [0.29, 0.717) is 18.9 Å². The van der Waals surface area contributed by atoms with Gasteiger partial charge in [0.25, 0.3) is 0 Å². The standard InChI is InChI=1S/C23H29N3O2/c1-17(2)8-9-18(3)25-23(27)26-22-7-5-4-6-20(22)16-28-21-12-10-19(11-13-21)14-15-24/h4-7,10-13,17-18H,8-9,14,16H2,1-3H3,(H2,25,26,27). The first-order valence-corrected chi connectivity index (χ1v) is 9.72. The molecular weight excluding hydrogens is 350 g/mol. The van der Waals surface area contributed by atoms with Crippen molar-refractivity contribution in [3.05, 3.63) is 59.7 Å². The van der Waals surface area contributed by atoms with Gasteiger partial charge in [0.15, 0.2) is 0 Å². The summed E-state index contributed by atoms with van der Waals surface area (Å²) in [4.78, 5) is 12.3. The molecule has 5 heteroatoms. The summed E-state index contributed by atoms with van der Waals surface area (Å²) < 4.78 is 5.84. The summed E-state index contributed by atoms with van der Waals surface area (Å²) >= 11 is 0. The maximum Gasteiger partial charge on any atom is 0.319 e. The minimum absolute atomic E-state index is 0.123. The number of nitrogens with zero attached hydrogens (tertiary/aromatic N) is 1. The predicted molar refractivity (Wildman–Crippen MR) is 112 cm³/mol. The molecule has 0 aliphatic rings. The molecule has 0 aromatic heterocycles. The Bertz CT molecular complexity index is 794. The van der Waals surface area contributed by atoms with Crippen molar-refractivity contribution in [3.8, 4) is 11.8 Å². The van der Waals surface area contributed by atoms with Crippen LogP contribution in [0.4, 0.5) is 10.5 Å². The molecule has 2 N–H and O–H groups in total. The lowest BCUT2D eigenvalue weighted by Gasteiger charge is -2.17. The second-order valence-electron chi connectivity index (χ2n) is 7.40. The molecule has 0 saturated heterocycles. The van der Waals surface area contributed by atoms with Gasteiger partial charge in [-0.3, -0.25) is 0 Å². The van der Waals surface area contributed by atoms with E-state index in [1.807, 2.05) is 55.5 Å². The molecule has 5 nitrogen and oxygen atoms in total. The molecule has 1 unspecified atom stereocenters. The quantitative estimate of drug-likeness (QED) is 0.622. The topological polar surface area (TPSA) is 74.2 Å². The highest BCUT2D eigenvalue weighted by molar-refractivity contribution is 5.90. The maximum absolute atomic E-state index is 12.3.